The van der Waals surface area contributed by atoms with Crippen LogP contribution < -0.4 is 5.32 Å². The Labute approximate surface area is 113 Å². The molecule has 3 aliphatic heterocycles. The third kappa shape index (κ3) is 2.16. The number of fused-ring (bicyclic) bond motifs is 1. The van der Waals surface area contributed by atoms with Crippen molar-refractivity contribution in [1.82, 2.24) is 10.2 Å². The lowest BCUT2D eigenvalue weighted by molar-refractivity contribution is -0.139. The molecule has 5 heteroatoms. The van der Waals surface area contributed by atoms with Gasteiger partial charge in [0.25, 0.3) is 0 Å². The summed E-state index contributed by atoms with van der Waals surface area (Å²) in [5, 5.41) is 3.14. The predicted octanol–water partition coefficient (Wildman–Crippen LogP) is 0.918. The molecule has 5 nitrogen and oxygen atoms in total. The van der Waals surface area contributed by atoms with Gasteiger partial charge in [0.1, 0.15) is 5.84 Å². The van der Waals surface area contributed by atoms with E-state index in [0.29, 0.717) is 13.2 Å². The van der Waals surface area contributed by atoms with Crippen LogP contribution in [0, 0.1) is 5.92 Å². The Morgan fingerprint density at radius 3 is 2.79 bits per heavy atom. The quantitative estimate of drug-likeness (QED) is 0.806. The Hall–Kier alpha value is -1.36. The minimum absolute atomic E-state index is 0.0568. The second-order valence-corrected chi connectivity index (χ2v) is 5.74. The highest BCUT2D eigenvalue weighted by atomic mass is 16.5. The van der Waals surface area contributed by atoms with E-state index in [0.717, 1.165) is 18.8 Å². The molecule has 104 valence electrons. The molecule has 0 saturated carbocycles. The molecule has 0 aliphatic carbocycles. The van der Waals surface area contributed by atoms with Gasteiger partial charge in [0, 0.05) is 18.7 Å². The molecule has 0 aromatic heterocycles. The predicted molar refractivity (Wildman–Crippen MR) is 72.8 cm³/mol. The fourth-order valence-corrected chi connectivity index (χ4v) is 2.93. The number of rotatable bonds is 2. The van der Waals surface area contributed by atoms with Crippen LogP contribution in [0.3, 0.4) is 0 Å². The highest BCUT2D eigenvalue weighted by Crippen LogP contribution is 2.31. The van der Waals surface area contributed by atoms with Crippen LogP contribution in [0.15, 0.2) is 16.3 Å². The van der Waals surface area contributed by atoms with E-state index in [1.165, 1.54) is 11.3 Å². The summed E-state index contributed by atoms with van der Waals surface area (Å²) < 4.78 is 5.06. The topological polar surface area (TPSA) is 53.9 Å². The van der Waals surface area contributed by atoms with Gasteiger partial charge < -0.3 is 15.0 Å². The molecule has 2 fully saturated rings. The monoisotopic (exact) mass is 263 g/mol. The first-order valence-corrected chi connectivity index (χ1v) is 6.96. The van der Waals surface area contributed by atoms with Crippen molar-refractivity contribution < 1.29 is 9.53 Å². The Bertz CT molecular complexity index is 465. The molecule has 2 atom stereocenters. The molecule has 3 aliphatic rings. The van der Waals surface area contributed by atoms with Crippen molar-refractivity contribution in [3.8, 4) is 0 Å². The molecule has 2 unspecified atom stereocenters. The molecule has 2 saturated heterocycles. The summed E-state index contributed by atoms with van der Waals surface area (Å²) in [5.74, 6) is 1.26. The van der Waals surface area contributed by atoms with Gasteiger partial charge in [0.05, 0.1) is 31.2 Å². The van der Waals surface area contributed by atoms with Crippen molar-refractivity contribution in [2.24, 2.45) is 10.9 Å². The third-order valence-electron chi connectivity index (χ3n) is 4.38. The molecule has 0 radical (unpaired) electrons. The number of hydrogen-bond acceptors (Lipinski definition) is 4. The zero-order valence-electron chi connectivity index (χ0n) is 11.8. The Morgan fingerprint density at radius 2 is 2.16 bits per heavy atom. The first-order valence-electron chi connectivity index (χ1n) is 6.96. The van der Waals surface area contributed by atoms with Crippen molar-refractivity contribution in [2.45, 2.75) is 39.3 Å². The summed E-state index contributed by atoms with van der Waals surface area (Å²) in [7, 11) is 0. The van der Waals surface area contributed by atoms with Gasteiger partial charge in [-0.1, -0.05) is 0 Å². The number of amides is 1. The summed E-state index contributed by atoms with van der Waals surface area (Å²) in [6, 6.07) is 0.467. The van der Waals surface area contributed by atoms with E-state index < -0.39 is 0 Å². The van der Waals surface area contributed by atoms with Crippen molar-refractivity contribution >= 4 is 11.7 Å². The molecule has 0 spiro atoms. The largest absolute Gasteiger partial charge is 0.380 e. The van der Waals surface area contributed by atoms with Crippen LogP contribution in [-0.2, 0) is 9.53 Å². The first kappa shape index (κ1) is 12.7. The number of amidine groups is 1. The maximum absolute atomic E-state index is 12.0. The summed E-state index contributed by atoms with van der Waals surface area (Å²) in [6.45, 7) is 8.30. The zero-order valence-corrected chi connectivity index (χ0v) is 11.8. The maximum atomic E-state index is 12.0. The van der Waals surface area contributed by atoms with Crippen LogP contribution in [0.5, 0.6) is 0 Å². The lowest BCUT2D eigenvalue weighted by Gasteiger charge is -2.29. The van der Waals surface area contributed by atoms with Crippen LogP contribution in [0.1, 0.15) is 27.2 Å². The average molecular weight is 263 g/mol. The summed E-state index contributed by atoms with van der Waals surface area (Å²) >= 11 is 0. The lowest BCUT2D eigenvalue weighted by Crippen LogP contribution is -2.47. The zero-order chi connectivity index (χ0) is 13.6. The van der Waals surface area contributed by atoms with Gasteiger partial charge in [0.15, 0.2) is 0 Å². The molecule has 3 heterocycles. The highest BCUT2D eigenvalue weighted by Gasteiger charge is 2.35. The van der Waals surface area contributed by atoms with Gasteiger partial charge >= 0.3 is 0 Å². The fraction of sp³-hybridized carbons (Fsp3) is 0.714. The Morgan fingerprint density at radius 1 is 1.42 bits per heavy atom. The Kier molecular flexibility index (Phi) is 3.09. The van der Waals surface area contributed by atoms with E-state index >= 15 is 0 Å². The van der Waals surface area contributed by atoms with E-state index in [2.05, 4.69) is 29.1 Å². The maximum Gasteiger partial charge on any atom is 0.228 e. The van der Waals surface area contributed by atoms with Crippen LogP contribution in [-0.4, -0.2) is 48.5 Å². The summed E-state index contributed by atoms with van der Waals surface area (Å²) in [4.78, 5) is 18.8. The second kappa shape index (κ2) is 4.63. The molecule has 3 rings (SSSR count). The molecule has 19 heavy (non-hydrogen) atoms. The third-order valence-corrected chi connectivity index (χ3v) is 4.38. The fourth-order valence-electron chi connectivity index (χ4n) is 2.93. The van der Waals surface area contributed by atoms with Crippen LogP contribution in [0.4, 0.5) is 0 Å². The van der Waals surface area contributed by atoms with E-state index in [-0.39, 0.29) is 23.9 Å². The molecule has 0 aromatic rings. The number of aliphatic imine (C=N–C) groups is 1. The standard InChI is InChI=1S/C14H21N3O2/c1-8-9(2)15-10(3)17-5-12(4-13(8)17)16-14(18)11-6-19-7-11/h9,11-12H,4-7H2,1-3H3,(H,16,18). The van der Waals surface area contributed by atoms with E-state index in [1.54, 1.807) is 0 Å². The van der Waals surface area contributed by atoms with Crippen molar-refractivity contribution in [3.63, 3.8) is 0 Å². The smallest absolute Gasteiger partial charge is 0.228 e. The van der Waals surface area contributed by atoms with Crippen LogP contribution in [0.2, 0.25) is 0 Å². The van der Waals surface area contributed by atoms with Gasteiger partial charge in [-0.05, 0) is 26.3 Å². The lowest BCUT2D eigenvalue weighted by atomic mass is 10.0. The number of ether oxygens (including phenoxy) is 1. The minimum Gasteiger partial charge on any atom is -0.380 e. The molecule has 0 bridgehead atoms. The van der Waals surface area contributed by atoms with Gasteiger partial charge in [-0.2, -0.15) is 0 Å². The minimum atomic E-state index is 0.0568. The van der Waals surface area contributed by atoms with Crippen LogP contribution >= 0.6 is 0 Å². The molecule has 1 N–H and O–H groups in total. The Balaban J connectivity index is 1.68. The normalized spacial score (nSPS) is 30.9. The average Bonchev–Trinajstić information content (AvgIpc) is 2.68. The van der Waals surface area contributed by atoms with Gasteiger partial charge in [-0.15, -0.1) is 0 Å². The van der Waals surface area contributed by atoms with E-state index in [4.69, 9.17) is 4.74 Å². The van der Waals surface area contributed by atoms with Gasteiger partial charge in [-0.3, -0.25) is 9.79 Å². The van der Waals surface area contributed by atoms with Crippen molar-refractivity contribution in [2.75, 3.05) is 19.8 Å². The second-order valence-electron chi connectivity index (χ2n) is 5.74. The number of nitrogens with zero attached hydrogens (tertiary/aromatic N) is 2. The number of hydrogen-bond donors (Lipinski definition) is 1. The number of carbonyl (C=O) groups is 1. The first-order chi connectivity index (χ1) is 9.06. The SMILES string of the molecule is CC1=NC(C)C(C)=C2CC(NC(=O)C3COC3)CN12. The van der Waals surface area contributed by atoms with Crippen molar-refractivity contribution in [1.29, 1.82) is 0 Å². The summed E-state index contributed by atoms with van der Waals surface area (Å²) in [6.07, 6.45) is 0.919. The molecule has 1 amide bonds. The molecular weight excluding hydrogens is 242 g/mol. The summed E-state index contributed by atoms with van der Waals surface area (Å²) in [5.41, 5.74) is 2.67. The number of nitrogens with one attached hydrogen (secondary N) is 1. The van der Waals surface area contributed by atoms with Gasteiger partial charge in [-0.25, -0.2) is 0 Å². The highest BCUT2D eigenvalue weighted by molar-refractivity contribution is 5.84. The van der Waals surface area contributed by atoms with E-state index in [1.807, 2.05) is 6.92 Å². The van der Waals surface area contributed by atoms with Crippen molar-refractivity contribution in [3.05, 3.63) is 11.3 Å². The van der Waals surface area contributed by atoms with Gasteiger partial charge in [0.2, 0.25) is 5.91 Å². The number of carbonyl (C=O) groups excluding carboxylic acids is 1. The van der Waals surface area contributed by atoms with E-state index in [9.17, 15) is 4.79 Å². The molecular formula is C14H21N3O2. The van der Waals surface area contributed by atoms with Crippen LogP contribution in [0.25, 0.3) is 0 Å². The molecule has 0 aromatic carbocycles.